The zero-order valence-electron chi connectivity index (χ0n) is 12.0. The van der Waals surface area contributed by atoms with Crippen LogP contribution in [-0.4, -0.2) is 11.9 Å². The lowest BCUT2D eigenvalue weighted by Gasteiger charge is -2.17. The summed E-state index contributed by atoms with van der Waals surface area (Å²) in [6.07, 6.45) is 2.17. The number of ether oxygens (including phenoxy) is 2. The maximum absolute atomic E-state index is 5.44. The average Bonchev–Trinajstić information content (AvgIpc) is 3.14. The van der Waals surface area contributed by atoms with Gasteiger partial charge in [-0.1, -0.05) is 24.3 Å². The monoisotopic (exact) mass is 312 g/mol. The first-order chi connectivity index (χ1) is 10.8. The van der Waals surface area contributed by atoms with E-state index >= 15 is 0 Å². The Labute approximate surface area is 134 Å². The van der Waals surface area contributed by atoms with E-state index in [0.717, 1.165) is 30.0 Å². The molecule has 0 amide bonds. The summed E-state index contributed by atoms with van der Waals surface area (Å²) in [6.45, 7) is 0.278. The summed E-state index contributed by atoms with van der Waals surface area (Å²) in [4.78, 5) is 0. The van der Waals surface area contributed by atoms with Crippen LogP contribution in [0.15, 0.2) is 42.5 Å². The number of benzene rings is 2. The number of fused-ring (bicyclic) bond motifs is 2. The molecule has 5 heteroatoms. The molecule has 22 heavy (non-hydrogen) atoms. The fourth-order valence-electron chi connectivity index (χ4n) is 3.01. The molecule has 1 atom stereocenters. The number of hydrogen-bond donors (Lipinski definition) is 2. The van der Waals surface area contributed by atoms with Gasteiger partial charge in [0.25, 0.3) is 0 Å². The van der Waals surface area contributed by atoms with Crippen LogP contribution in [0.5, 0.6) is 11.5 Å². The van der Waals surface area contributed by atoms with Gasteiger partial charge in [0.1, 0.15) is 0 Å². The molecule has 0 spiro atoms. The minimum atomic E-state index is 0.278. The van der Waals surface area contributed by atoms with Crippen LogP contribution in [0.25, 0.3) is 0 Å². The third-order valence-electron chi connectivity index (χ3n) is 4.07. The van der Waals surface area contributed by atoms with E-state index < -0.39 is 0 Å². The Morgan fingerprint density at radius 2 is 1.95 bits per heavy atom. The molecule has 0 saturated carbocycles. The Bertz CT molecular complexity index is 732. The van der Waals surface area contributed by atoms with Crippen molar-refractivity contribution in [2.24, 2.45) is 0 Å². The largest absolute Gasteiger partial charge is 0.454 e. The molecule has 2 aromatic carbocycles. The van der Waals surface area contributed by atoms with Crippen molar-refractivity contribution in [1.29, 1.82) is 0 Å². The van der Waals surface area contributed by atoms with Gasteiger partial charge in [-0.15, -0.1) is 0 Å². The topological polar surface area (TPSA) is 42.5 Å². The molecule has 0 bridgehead atoms. The molecule has 4 rings (SSSR count). The number of thiocarbonyl (C=S) groups is 1. The van der Waals surface area contributed by atoms with Gasteiger partial charge in [-0.3, -0.25) is 0 Å². The van der Waals surface area contributed by atoms with Crippen LogP contribution in [-0.2, 0) is 6.42 Å². The molecule has 0 saturated heterocycles. The average molecular weight is 312 g/mol. The second-order valence-corrected chi connectivity index (χ2v) is 5.86. The third kappa shape index (κ3) is 2.48. The summed E-state index contributed by atoms with van der Waals surface area (Å²) < 4.78 is 10.7. The lowest BCUT2D eigenvalue weighted by Crippen LogP contribution is -2.31. The molecule has 1 aliphatic heterocycles. The first-order valence-corrected chi connectivity index (χ1v) is 7.75. The van der Waals surface area contributed by atoms with Crippen LogP contribution in [0.1, 0.15) is 23.6 Å². The zero-order valence-corrected chi connectivity index (χ0v) is 12.8. The van der Waals surface area contributed by atoms with Gasteiger partial charge >= 0.3 is 0 Å². The normalized spacial score (nSPS) is 17.9. The summed E-state index contributed by atoms with van der Waals surface area (Å²) in [5.74, 6) is 1.52. The predicted molar refractivity (Wildman–Crippen MR) is 89.4 cm³/mol. The van der Waals surface area contributed by atoms with E-state index in [1.807, 2.05) is 18.2 Å². The molecule has 2 N–H and O–H groups in total. The van der Waals surface area contributed by atoms with Crippen LogP contribution >= 0.6 is 12.2 Å². The highest BCUT2D eigenvalue weighted by atomic mass is 32.1. The van der Waals surface area contributed by atoms with E-state index in [0.29, 0.717) is 5.11 Å². The SMILES string of the molecule is S=C(Nc1ccc2c(c1)OCO2)NC1CCc2ccccc21. The molecular formula is C17H16N2O2S. The smallest absolute Gasteiger partial charge is 0.231 e. The summed E-state index contributed by atoms with van der Waals surface area (Å²) in [5.41, 5.74) is 3.65. The van der Waals surface area contributed by atoms with E-state index in [1.165, 1.54) is 11.1 Å². The maximum Gasteiger partial charge on any atom is 0.231 e. The van der Waals surface area contributed by atoms with Gasteiger partial charge in [0.2, 0.25) is 6.79 Å². The molecule has 0 radical (unpaired) electrons. The quantitative estimate of drug-likeness (QED) is 0.832. The maximum atomic E-state index is 5.44. The van der Waals surface area contributed by atoms with Crippen LogP contribution in [0.3, 0.4) is 0 Å². The highest BCUT2D eigenvalue weighted by Gasteiger charge is 2.22. The summed E-state index contributed by atoms with van der Waals surface area (Å²) in [5, 5.41) is 7.24. The Morgan fingerprint density at radius 3 is 2.91 bits per heavy atom. The summed E-state index contributed by atoms with van der Waals surface area (Å²) in [7, 11) is 0. The fraction of sp³-hybridized carbons (Fsp3) is 0.235. The van der Waals surface area contributed by atoms with Gasteiger partial charge in [-0.2, -0.15) is 0 Å². The Hall–Kier alpha value is -2.27. The number of nitrogens with one attached hydrogen (secondary N) is 2. The van der Waals surface area contributed by atoms with Gasteiger partial charge in [0, 0.05) is 11.8 Å². The molecule has 0 fully saturated rings. The van der Waals surface area contributed by atoms with Gasteiger partial charge < -0.3 is 20.1 Å². The van der Waals surface area contributed by atoms with Gasteiger partial charge in [-0.05, 0) is 48.3 Å². The molecule has 2 aliphatic rings. The zero-order chi connectivity index (χ0) is 14.9. The molecule has 1 heterocycles. The first kappa shape index (κ1) is 13.4. The first-order valence-electron chi connectivity index (χ1n) is 7.34. The molecule has 112 valence electrons. The van der Waals surface area contributed by atoms with E-state index in [9.17, 15) is 0 Å². The van der Waals surface area contributed by atoms with Crippen LogP contribution in [0, 0.1) is 0 Å². The molecule has 4 nitrogen and oxygen atoms in total. The van der Waals surface area contributed by atoms with Crippen molar-refractivity contribution >= 4 is 23.0 Å². The van der Waals surface area contributed by atoms with E-state index in [-0.39, 0.29) is 12.8 Å². The van der Waals surface area contributed by atoms with Gasteiger partial charge in [0.15, 0.2) is 16.6 Å². The highest BCUT2D eigenvalue weighted by Crippen LogP contribution is 2.34. The second-order valence-electron chi connectivity index (χ2n) is 5.46. The van der Waals surface area contributed by atoms with Crippen molar-refractivity contribution in [3.05, 3.63) is 53.6 Å². The van der Waals surface area contributed by atoms with E-state index in [4.69, 9.17) is 21.7 Å². The minimum absolute atomic E-state index is 0.278. The van der Waals surface area contributed by atoms with E-state index in [2.05, 4.69) is 34.9 Å². The van der Waals surface area contributed by atoms with Crippen molar-refractivity contribution in [3.8, 4) is 11.5 Å². The Balaban J connectivity index is 1.43. The fourth-order valence-corrected chi connectivity index (χ4v) is 3.27. The van der Waals surface area contributed by atoms with Crippen LogP contribution < -0.4 is 20.1 Å². The van der Waals surface area contributed by atoms with Crippen molar-refractivity contribution in [1.82, 2.24) is 5.32 Å². The lowest BCUT2D eigenvalue weighted by molar-refractivity contribution is 0.174. The highest BCUT2D eigenvalue weighted by molar-refractivity contribution is 7.80. The molecule has 0 aromatic heterocycles. The summed E-state index contributed by atoms with van der Waals surface area (Å²) >= 11 is 5.44. The predicted octanol–water partition coefficient (Wildman–Crippen LogP) is 3.39. The number of anilines is 1. The molecule has 1 unspecified atom stereocenters. The number of hydrogen-bond acceptors (Lipinski definition) is 3. The number of rotatable bonds is 2. The Morgan fingerprint density at radius 1 is 1.09 bits per heavy atom. The standard InChI is InChI=1S/C17H16N2O2S/c22-17(18-12-6-8-15-16(9-12)21-10-20-15)19-14-7-5-11-3-1-2-4-13(11)14/h1-4,6,8-9,14H,5,7,10H2,(H2,18,19,22). The van der Waals surface area contributed by atoms with Crippen LogP contribution in [0.2, 0.25) is 0 Å². The second kappa shape index (κ2) is 5.50. The Kier molecular flexibility index (Phi) is 3.35. The van der Waals surface area contributed by atoms with Crippen molar-refractivity contribution in [3.63, 3.8) is 0 Å². The molecule has 1 aliphatic carbocycles. The van der Waals surface area contributed by atoms with Gasteiger partial charge in [-0.25, -0.2) is 0 Å². The van der Waals surface area contributed by atoms with Crippen molar-refractivity contribution in [2.75, 3.05) is 12.1 Å². The van der Waals surface area contributed by atoms with Crippen LogP contribution in [0.4, 0.5) is 5.69 Å². The number of aryl methyl sites for hydroxylation is 1. The summed E-state index contributed by atoms with van der Waals surface area (Å²) in [6, 6.07) is 14.5. The van der Waals surface area contributed by atoms with Crippen molar-refractivity contribution < 1.29 is 9.47 Å². The van der Waals surface area contributed by atoms with E-state index in [1.54, 1.807) is 0 Å². The molecule has 2 aromatic rings. The third-order valence-corrected chi connectivity index (χ3v) is 4.29. The van der Waals surface area contributed by atoms with Crippen molar-refractivity contribution in [2.45, 2.75) is 18.9 Å². The minimum Gasteiger partial charge on any atom is -0.454 e. The lowest BCUT2D eigenvalue weighted by atomic mass is 10.1. The molecular weight excluding hydrogens is 296 g/mol. The van der Waals surface area contributed by atoms with Gasteiger partial charge in [0.05, 0.1) is 6.04 Å².